The highest BCUT2D eigenvalue weighted by atomic mass is 16.3. The molecular weight excluding hydrogens is 184 g/mol. The average Bonchev–Trinajstić information content (AvgIpc) is 2.17. The number of para-hydroxylation sites is 1. The molecule has 1 rings (SSSR count). The standard InChI is InChI=1S/C10H14O.C4H10/c1-10(2,3)8-6-4-5-7-9(8)11;1-3-4-2/h4-7,11H,1-3H3;3-4H2,1-2H3. The van der Waals surface area contributed by atoms with Crippen molar-refractivity contribution in [2.75, 3.05) is 0 Å². The van der Waals surface area contributed by atoms with Crippen molar-refractivity contribution in [2.45, 2.75) is 52.9 Å². The van der Waals surface area contributed by atoms with Gasteiger partial charge < -0.3 is 5.11 Å². The van der Waals surface area contributed by atoms with E-state index in [1.165, 1.54) is 12.8 Å². The Hall–Kier alpha value is -0.980. The second-order valence-electron chi connectivity index (χ2n) is 4.77. The third-order valence-corrected chi connectivity index (χ3v) is 2.21. The molecule has 0 radical (unpaired) electrons. The Balaban J connectivity index is 0.000000423. The van der Waals surface area contributed by atoms with Gasteiger partial charge in [0.2, 0.25) is 0 Å². The minimum absolute atomic E-state index is 0.0331. The van der Waals surface area contributed by atoms with Crippen LogP contribution in [0.25, 0.3) is 0 Å². The van der Waals surface area contributed by atoms with Crippen molar-refractivity contribution in [3.8, 4) is 5.75 Å². The highest BCUT2D eigenvalue weighted by Gasteiger charge is 2.16. The molecule has 0 aliphatic carbocycles. The maximum atomic E-state index is 9.45. The van der Waals surface area contributed by atoms with E-state index in [1.54, 1.807) is 6.07 Å². The summed E-state index contributed by atoms with van der Waals surface area (Å²) in [5.41, 5.74) is 1.03. The predicted molar refractivity (Wildman–Crippen MR) is 67.4 cm³/mol. The number of benzene rings is 1. The molecule has 0 heterocycles. The van der Waals surface area contributed by atoms with Crippen molar-refractivity contribution < 1.29 is 5.11 Å². The number of rotatable bonds is 1. The van der Waals surface area contributed by atoms with Crippen LogP contribution in [-0.4, -0.2) is 5.11 Å². The lowest BCUT2D eigenvalue weighted by atomic mass is 9.86. The molecule has 0 fully saturated rings. The molecule has 0 bridgehead atoms. The molecule has 0 amide bonds. The van der Waals surface area contributed by atoms with Gasteiger partial charge in [-0.15, -0.1) is 0 Å². The molecule has 1 heteroatoms. The third kappa shape index (κ3) is 5.46. The SMILES string of the molecule is CC(C)(C)c1ccccc1O.CCCC. The maximum Gasteiger partial charge on any atom is 0.119 e. The number of phenols is 1. The fourth-order valence-corrected chi connectivity index (χ4v) is 1.11. The molecule has 0 unspecified atom stereocenters. The van der Waals surface area contributed by atoms with E-state index in [0.29, 0.717) is 5.75 Å². The summed E-state index contributed by atoms with van der Waals surface area (Å²) in [7, 11) is 0. The summed E-state index contributed by atoms with van der Waals surface area (Å²) in [6.07, 6.45) is 2.64. The molecule has 15 heavy (non-hydrogen) atoms. The summed E-state index contributed by atoms with van der Waals surface area (Å²) in [5, 5.41) is 9.45. The highest BCUT2D eigenvalue weighted by molar-refractivity contribution is 5.36. The van der Waals surface area contributed by atoms with Crippen LogP contribution in [0.15, 0.2) is 24.3 Å². The molecule has 1 aromatic rings. The Morgan fingerprint density at radius 1 is 1.00 bits per heavy atom. The fourth-order valence-electron chi connectivity index (χ4n) is 1.11. The quantitative estimate of drug-likeness (QED) is 0.720. The monoisotopic (exact) mass is 208 g/mol. The smallest absolute Gasteiger partial charge is 0.119 e. The van der Waals surface area contributed by atoms with Crippen LogP contribution in [0, 0.1) is 0 Å². The summed E-state index contributed by atoms with van der Waals surface area (Å²) >= 11 is 0. The van der Waals surface area contributed by atoms with Gasteiger partial charge in [0.1, 0.15) is 5.75 Å². The molecule has 0 aliphatic heterocycles. The Bertz CT molecular complexity index is 269. The lowest BCUT2D eigenvalue weighted by Gasteiger charge is -2.19. The Kier molecular flexibility index (Phi) is 6.07. The Morgan fingerprint density at radius 2 is 1.47 bits per heavy atom. The lowest BCUT2D eigenvalue weighted by Crippen LogP contribution is -2.10. The van der Waals surface area contributed by atoms with Gasteiger partial charge in [-0.05, 0) is 17.0 Å². The van der Waals surface area contributed by atoms with Crippen molar-refractivity contribution in [1.29, 1.82) is 0 Å². The van der Waals surface area contributed by atoms with Crippen LogP contribution in [-0.2, 0) is 5.41 Å². The highest BCUT2D eigenvalue weighted by Crippen LogP contribution is 2.29. The van der Waals surface area contributed by atoms with Gasteiger partial charge in [0, 0.05) is 0 Å². The van der Waals surface area contributed by atoms with Gasteiger partial charge in [-0.2, -0.15) is 0 Å². The van der Waals surface area contributed by atoms with Crippen LogP contribution >= 0.6 is 0 Å². The summed E-state index contributed by atoms with van der Waals surface area (Å²) in [4.78, 5) is 0. The van der Waals surface area contributed by atoms with E-state index in [4.69, 9.17) is 0 Å². The van der Waals surface area contributed by atoms with Crippen molar-refractivity contribution in [2.24, 2.45) is 0 Å². The Morgan fingerprint density at radius 3 is 1.73 bits per heavy atom. The second-order valence-corrected chi connectivity index (χ2v) is 4.77. The summed E-state index contributed by atoms with van der Waals surface area (Å²) < 4.78 is 0. The molecule has 0 spiro atoms. The maximum absolute atomic E-state index is 9.45. The molecular formula is C14H24O. The van der Waals surface area contributed by atoms with E-state index in [0.717, 1.165) is 5.56 Å². The van der Waals surface area contributed by atoms with Crippen LogP contribution in [0.1, 0.15) is 53.0 Å². The van der Waals surface area contributed by atoms with Crippen molar-refractivity contribution in [3.05, 3.63) is 29.8 Å². The van der Waals surface area contributed by atoms with Gasteiger partial charge in [-0.25, -0.2) is 0 Å². The summed E-state index contributed by atoms with van der Waals surface area (Å²) in [5.74, 6) is 0.389. The number of phenolic OH excluding ortho intramolecular Hbond substituents is 1. The number of aromatic hydroxyl groups is 1. The van der Waals surface area contributed by atoms with Crippen LogP contribution in [0.2, 0.25) is 0 Å². The average molecular weight is 208 g/mol. The van der Waals surface area contributed by atoms with E-state index in [2.05, 4.69) is 34.6 Å². The van der Waals surface area contributed by atoms with Crippen molar-refractivity contribution >= 4 is 0 Å². The van der Waals surface area contributed by atoms with E-state index in [-0.39, 0.29) is 5.41 Å². The largest absolute Gasteiger partial charge is 0.508 e. The van der Waals surface area contributed by atoms with Gasteiger partial charge in [-0.1, -0.05) is 65.7 Å². The van der Waals surface area contributed by atoms with E-state index >= 15 is 0 Å². The molecule has 0 atom stereocenters. The Labute approximate surface area is 94.2 Å². The zero-order valence-corrected chi connectivity index (χ0v) is 10.7. The topological polar surface area (TPSA) is 20.2 Å². The molecule has 1 aromatic carbocycles. The molecule has 1 nitrogen and oxygen atoms in total. The molecule has 0 aliphatic rings. The third-order valence-electron chi connectivity index (χ3n) is 2.21. The van der Waals surface area contributed by atoms with E-state index in [9.17, 15) is 5.11 Å². The first kappa shape index (κ1) is 14.0. The molecule has 0 saturated carbocycles. The summed E-state index contributed by atoms with van der Waals surface area (Å²) in [6.45, 7) is 10.6. The van der Waals surface area contributed by atoms with Crippen LogP contribution in [0.5, 0.6) is 5.75 Å². The normalized spacial score (nSPS) is 10.5. The first-order valence-electron chi connectivity index (χ1n) is 5.72. The van der Waals surface area contributed by atoms with Crippen LogP contribution in [0.4, 0.5) is 0 Å². The molecule has 0 saturated heterocycles. The first-order chi connectivity index (χ1) is 6.93. The number of hydrogen-bond donors (Lipinski definition) is 1. The van der Waals surface area contributed by atoms with Crippen molar-refractivity contribution in [3.63, 3.8) is 0 Å². The van der Waals surface area contributed by atoms with Gasteiger partial charge in [0.15, 0.2) is 0 Å². The van der Waals surface area contributed by atoms with Crippen LogP contribution < -0.4 is 0 Å². The fraction of sp³-hybridized carbons (Fsp3) is 0.571. The van der Waals surface area contributed by atoms with Gasteiger partial charge >= 0.3 is 0 Å². The van der Waals surface area contributed by atoms with Crippen molar-refractivity contribution in [1.82, 2.24) is 0 Å². The minimum Gasteiger partial charge on any atom is -0.508 e. The summed E-state index contributed by atoms with van der Waals surface area (Å²) in [6, 6.07) is 7.46. The zero-order chi connectivity index (χ0) is 11.9. The predicted octanol–water partition coefficient (Wildman–Crippen LogP) is 4.50. The first-order valence-corrected chi connectivity index (χ1v) is 5.72. The van der Waals surface area contributed by atoms with E-state index < -0.39 is 0 Å². The van der Waals surface area contributed by atoms with Gasteiger partial charge in [-0.3, -0.25) is 0 Å². The van der Waals surface area contributed by atoms with Gasteiger partial charge in [0.05, 0.1) is 0 Å². The van der Waals surface area contributed by atoms with Crippen LogP contribution in [0.3, 0.4) is 0 Å². The minimum atomic E-state index is 0.0331. The molecule has 1 N–H and O–H groups in total. The number of unbranched alkanes of at least 4 members (excludes halogenated alkanes) is 1. The molecule has 86 valence electrons. The molecule has 0 aromatic heterocycles. The van der Waals surface area contributed by atoms with Gasteiger partial charge in [0.25, 0.3) is 0 Å². The zero-order valence-electron chi connectivity index (χ0n) is 10.7. The second kappa shape index (κ2) is 6.49. The number of hydrogen-bond acceptors (Lipinski definition) is 1. The lowest BCUT2D eigenvalue weighted by molar-refractivity contribution is 0.447. The van der Waals surface area contributed by atoms with E-state index in [1.807, 2.05) is 18.2 Å².